The van der Waals surface area contributed by atoms with Crippen molar-refractivity contribution >= 4 is 23.5 Å². The second-order valence-corrected chi connectivity index (χ2v) is 6.25. The number of aliphatic carboxylic acids is 1. The summed E-state index contributed by atoms with van der Waals surface area (Å²) >= 11 is 5.84. The molecule has 1 fully saturated rings. The zero-order valence-electron chi connectivity index (χ0n) is 12.1. The van der Waals surface area contributed by atoms with Gasteiger partial charge in [-0.1, -0.05) is 36.6 Å². The van der Waals surface area contributed by atoms with Crippen LogP contribution in [0.1, 0.15) is 50.6 Å². The summed E-state index contributed by atoms with van der Waals surface area (Å²) in [5.41, 5.74) is 0.0765. The lowest BCUT2D eigenvalue weighted by Crippen LogP contribution is -2.36. The number of carboxylic acids is 1. The van der Waals surface area contributed by atoms with Gasteiger partial charge in [-0.25, -0.2) is 0 Å². The molecule has 5 heteroatoms. The number of hydrogen-bond acceptors (Lipinski definition) is 2. The summed E-state index contributed by atoms with van der Waals surface area (Å²) in [6.07, 6.45) is 3.00. The minimum Gasteiger partial charge on any atom is -0.481 e. The average Bonchev–Trinajstić information content (AvgIpc) is 2.89. The molecule has 114 valence electrons. The molecule has 1 amide bonds. The Kier molecular flexibility index (Phi) is 4.88. The first-order valence-corrected chi connectivity index (χ1v) is 7.59. The third-order valence-electron chi connectivity index (χ3n) is 4.26. The Bertz CT molecular complexity index is 521. The molecular formula is C16H20ClNO3. The molecule has 1 atom stereocenters. The predicted molar refractivity (Wildman–Crippen MR) is 81.2 cm³/mol. The maximum atomic E-state index is 12.2. The van der Waals surface area contributed by atoms with Gasteiger partial charge in [0.2, 0.25) is 5.91 Å². The number of carbonyl (C=O) groups excluding carboxylic acids is 1. The maximum absolute atomic E-state index is 12.2. The number of nitrogens with one attached hydrogen (secondary N) is 1. The van der Waals surface area contributed by atoms with Gasteiger partial charge in [-0.05, 0) is 37.5 Å². The molecule has 2 N–H and O–H groups in total. The molecule has 0 unspecified atom stereocenters. The zero-order chi connectivity index (χ0) is 15.5. The molecule has 1 aromatic carbocycles. The topological polar surface area (TPSA) is 66.4 Å². The summed E-state index contributed by atoms with van der Waals surface area (Å²) in [4.78, 5) is 23.6. The van der Waals surface area contributed by atoms with Crippen molar-refractivity contribution in [3.8, 4) is 0 Å². The Morgan fingerprint density at radius 3 is 2.38 bits per heavy atom. The SMILES string of the molecule is C[C@H](NC(=O)CC1(C(=O)O)CCCC1)c1ccc(Cl)cc1. The van der Waals surface area contributed by atoms with Crippen molar-refractivity contribution < 1.29 is 14.7 Å². The van der Waals surface area contributed by atoms with Gasteiger partial charge in [0.25, 0.3) is 0 Å². The number of hydrogen-bond donors (Lipinski definition) is 2. The lowest BCUT2D eigenvalue weighted by atomic mass is 9.82. The largest absolute Gasteiger partial charge is 0.481 e. The normalized spacial score (nSPS) is 18.2. The molecule has 1 saturated carbocycles. The van der Waals surface area contributed by atoms with E-state index in [4.69, 9.17) is 11.6 Å². The van der Waals surface area contributed by atoms with Crippen LogP contribution in [0.15, 0.2) is 24.3 Å². The summed E-state index contributed by atoms with van der Waals surface area (Å²) in [6, 6.07) is 7.10. The van der Waals surface area contributed by atoms with E-state index in [9.17, 15) is 14.7 Å². The van der Waals surface area contributed by atoms with E-state index in [1.54, 1.807) is 12.1 Å². The fourth-order valence-corrected chi connectivity index (χ4v) is 3.08. The van der Waals surface area contributed by atoms with E-state index in [0.29, 0.717) is 17.9 Å². The number of carboxylic acid groups (broad SMARTS) is 1. The zero-order valence-corrected chi connectivity index (χ0v) is 12.8. The summed E-state index contributed by atoms with van der Waals surface area (Å²) in [5.74, 6) is -1.06. The van der Waals surface area contributed by atoms with Crippen molar-refractivity contribution in [3.63, 3.8) is 0 Å². The van der Waals surface area contributed by atoms with Crippen LogP contribution in [-0.4, -0.2) is 17.0 Å². The standard InChI is InChI=1S/C16H20ClNO3/c1-11(12-4-6-13(17)7-5-12)18-14(19)10-16(15(20)21)8-2-3-9-16/h4-7,11H,2-3,8-10H2,1H3,(H,18,19)(H,20,21)/t11-/m0/s1. The van der Waals surface area contributed by atoms with Crippen LogP contribution in [0.2, 0.25) is 5.02 Å². The van der Waals surface area contributed by atoms with E-state index in [1.807, 2.05) is 19.1 Å². The van der Waals surface area contributed by atoms with E-state index in [1.165, 1.54) is 0 Å². The number of carbonyl (C=O) groups is 2. The molecule has 21 heavy (non-hydrogen) atoms. The molecule has 0 radical (unpaired) electrons. The van der Waals surface area contributed by atoms with Gasteiger partial charge in [0.15, 0.2) is 0 Å². The minimum atomic E-state index is -0.871. The van der Waals surface area contributed by atoms with Crippen LogP contribution < -0.4 is 5.32 Å². The third kappa shape index (κ3) is 3.76. The number of rotatable bonds is 5. The fourth-order valence-electron chi connectivity index (χ4n) is 2.95. The molecule has 2 rings (SSSR count). The molecule has 0 aromatic heterocycles. The highest BCUT2D eigenvalue weighted by Crippen LogP contribution is 2.41. The van der Waals surface area contributed by atoms with Gasteiger partial charge in [-0.2, -0.15) is 0 Å². The third-order valence-corrected chi connectivity index (χ3v) is 4.51. The van der Waals surface area contributed by atoms with Crippen molar-refractivity contribution in [3.05, 3.63) is 34.9 Å². The van der Waals surface area contributed by atoms with Crippen LogP contribution in [0.25, 0.3) is 0 Å². The first-order chi connectivity index (χ1) is 9.93. The lowest BCUT2D eigenvalue weighted by molar-refractivity contribution is -0.151. The summed E-state index contributed by atoms with van der Waals surface area (Å²) in [7, 11) is 0. The molecule has 4 nitrogen and oxygen atoms in total. The summed E-state index contributed by atoms with van der Waals surface area (Å²) in [5, 5.41) is 12.9. The number of amides is 1. The van der Waals surface area contributed by atoms with E-state index >= 15 is 0 Å². The number of halogens is 1. The maximum Gasteiger partial charge on any atom is 0.310 e. The van der Waals surface area contributed by atoms with E-state index in [-0.39, 0.29) is 18.4 Å². The van der Waals surface area contributed by atoms with Gasteiger partial charge < -0.3 is 10.4 Å². The minimum absolute atomic E-state index is 0.0558. The van der Waals surface area contributed by atoms with Crippen LogP contribution >= 0.6 is 11.6 Å². The fraction of sp³-hybridized carbons (Fsp3) is 0.500. The predicted octanol–water partition coefficient (Wildman–Crippen LogP) is 3.55. The van der Waals surface area contributed by atoms with Gasteiger partial charge in [0, 0.05) is 11.4 Å². The summed E-state index contributed by atoms with van der Waals surface area (Å²) in [6.45, 7) is 1.88. The van der Waals surface area contributed by atoms with Gasteiger partial charge in [-0.15, -0.1) is 0 Å². The Labute approximate surface area is 129 Å². The van der Waals surface area contributed by atoms with Gasteiger partial charge in [-0.3, -0.25) is 9.59 Å². The first-order valence-electron chi connectivity index (χ1n) is 7.21. The molecular weight excluding hydrogens is 290 g/mol. The van der Waals surface area contributed by atoms with Gasteiger partial charge >= 0.3 is 5.97 Å². The quantitative estimate of drug-likeness (QED) is 0.874. The second-order valence-electron chi connectivity index (χ2n) is 5.81. The van der Waals surface area contributed by atoms with Crippen LogP contribution in [0.3, 0.4) is 0 Å². The Balaban J connectivity index is 1.97. The van der Waals surface area contributed by atoms with E-state index < -0.39 is 11.4 Å². The highest BCUT2D eigenvalue weighted by Gasteiger charge is 2.43. The molecule has 1 aliphatic rings. The van der Waals surface area contributed by atoms with Gasteiger partial charge in [0.05, 0.1) is 11.5 Å². The molecule has 1 aliphatic carbocycles. The second kappa shape index (κ2) is 6.48. The van der Waals surface area contributed by atoms with Crippen molar-refractivity contribution in [2.24, 2.45) is 5.41 Å². The van der Waals surface area contributed by atoms with Gasteiger partial charge in [0.1, 0.15) is 0 Å². The smallest absolute Gasteiger partial charge is 0.310 e. The molecule has 0 saturated heterocycles. The average molecular weight is 310 g/mol. The first kappa shape index (κ1) is 15.8. The number of benzene rings is 1. The van der Waals surface area contributed by atoms with Crippen LogP contribution in [0.4, 0.5) is 0 Å². The van der Waals surface area contributed by atoms with Crippen LogP contribution in [0, 0.1) is 5.41 Å². The molecule has 0 aliphatic heterocycles. The molecule has 1 aromatic rings. The molecule has 0 heterocycles. The lowest BCUT2D eigenvalue weighted by Gasteiger charge is -2.24. The van der Waals surface area contributed by atoms with Crippen molar-refractivity contribution in [2.75, 3.05) is 0 Å². The molecule has 0 spiro atoms. The Morgan fingerprint density at radius 2 is 1.86 bits per heavy atom. The monoisotopic (exact) mass is 309 g/mol. The van der Waals surface area contributed by atoms with Crippen molar-refractivity contribution in [2.45, 2.75) is 45.1 Å². The van der Waals surface area contributed by atoms with Crippen LogP contribution in [0.5, 0.6) is 0 Å². The van der Waals surface area contributed by atoms with Crippen molar-refractivity contribution in [1.29, 1.82) is 0 Å². The van der Waals surface area contributed by atoms with Crippen LogP contribution in [-0.2, 0) is 9.59 Å². The van der Waals surface area contributed by atoms with E-state index in [0.717, 1.165) is 18.4 Å². The van der Waals surface area contributed by atoms with Crippen molar-refractivity contribution in [1.82, 2.24) is 5.32 Å². The highest BCUT2D eigenvalue weighted by molar-refractivity contribution is 6.30. The Morgan fingerprint density at radius 1 is 1.29 bits per heavy atom. The Hall–Kier alpha value is -1.55. The highest BCUT2D eigenvalue weighted by atomic mass is 35.5. The molecule has 0 bridgehead atoms. The van der Waals surface area contributed by atoms with E-state index in [2.05, 4.69) is 5.32 Å². The summed E-state index contributed by atoms with van der Waals surface area (Å²) < 4.78 is 0.